The summed E-state index contributed by atoms with van der Waals surface area (Å²) >= 11 is 0. The van der Waals surface area contributed by atoms with Crippen LogP contribution in [0.15, 0.2) is 54.6 Å². The van der Waals surface area contributed by atoms with E-state index in [1.807, 2.05) is 30.3 Å². The molecule has 0 spiro atoms. The Morgan fingerprint density at radius 2 is 1.71 bits per heavy atom. The summed E-state index contributed by atoms with van der Waals surface area (Å²) in [4.78, 5) is 12.0. The van der Waals surface area contributed by atoms with Crippen LogP contribution in [0.2, 0.25) is 0 Å². The molecule has 5 heteroatoms. The smallest absolute Gasteiger partial charge is 0.387 e. The number of hydrogen-bond donors (Lipinski definition) is 1. The predicted octanol–water partition coefficient (Wildman–Crippen LogP) is 3.26. The number of nitrogens with one attached hydrogen (secondary N) is 1. The lowest BCUT2D eigenvalue weighted by Crippen LogP contribution is -2.26. The van der Waals surface area contributed by atoms with E-state index in [-0.39, 0.29) is 11.3 Å². The largest absolute Gasteiger partial charge is 0.434 e. The number of alkyl halides is 2. The molecule has 0 aromatic heterocycles. The Morgan fingerprint density at radius 1 is 1.05 bits per heavy atom. The Labute approximate surface area is 121 Å². The third kappa shape index (κ3) is 4.56. The van der Waals surface area contributed by atoms with E-state index in [4.69, 9.17) is 0 Å². The molecule has 2 aromatic carbocycles. The van der Waals surface area contributed by atoms with Crippen LogP contribution in [0.3, 0.4) is 0 Å². The van der Waals surface area contributed by atoms with Gasteiger partial charge in [-0.25, -0.2) is 0 Å². The van der Waals surface area contributed by atoms with Crippen molar-refractivity contribution in [3.05, 3.63) is 65.7 Å². The van der Waals surface area contributed by atoms with Gasteiger partial charge < -0.3 is 10.1 Å². The molecule has 0 fully saturated rings. The van der Waals surface area contributed by atoms with Crippen molar-refractivity contribution < 1.29 is 18.3 Å². The fraction of sp³-hybridized carbons (Fsp3) is 0.188. The summed E-state index contributed by atoms with van der Waals surface area (Å²) in [6.07, 6.45) is 0.671. The Morgan fingerprint density at radius 3 is 2.43 bits per heavy atom. The minimum Gasteiger partial charge on any atom is -0.434 e. The second-order valence-electron chi connectivity index (χ2n) is 4.37. The molecule has 21 heavy (non-hydrogen) atoms. The Bertz CT molecular complexity index is 588. The highest BCUT2D eigenvalue weighted by atomic mass is 19.3. The third-order valence-corrected chi connectivity index (χ3v) is 2.89. The van der Waals surface area contributed by atoms with E-state index in [9.17, 15) is 13.6 Å². The molecule has 0 saturated carbocycles. The predicted molar refractivity (Wildman–Crippen MR) is 75.6 cm³/mol. The first-order valence-electron chi connectivity index (χ1n) is 6.53. The van der Waals surface area contributed by atoms with Crippen molar-refractivity contribution in [3.63, 3.8) is 0 Å². The zero-order valence-electron chi connectivity index (χ0n) is 11.3. The number of benzene rings is 2. The monoisotopic (exact) mass is 291 g/mol. The number of rotatable bonds is 6. The van der Waals surface area contributed by atoms with E-state index in [1.165, 1.54) is 12.1 Å². The van der Waals surface area contributed by atoms with Gasteiger partial charge in [-0.2, -0.15) is 8.78 Å². The second-order valence-corrected chi connectivity index (χ2v) is 4.37. The molecule has 2 rings (SSSR count). The Kier molecular flexibility index (Phi) is 5.26. The summed E-state index contributed by atoms with van der Waals surface area (Å²) < 4.78 is 28.9. The van der Waals surface area contributed by atoms with E-state index >= 15 is 0 Å². The quantitative estimate of drug-likeness (QED) is 0.887. The van der Waals surface area contributed by atoms with Crippen molar-refractivity contribution >= 4 is 5.91 Å². The number of carbonyl (C=O) groups is 1. The molecule has 0 aliphatic heterocycles. The van der Waals surface area contributed by atoms with E-state index in [0.717, 1.165) is 5.56 Å². The molecular weight excluding hydrogens is 276 g/mol. The van der Waals surface area contributed by atoms with Crippen molar-refractivity contribution in [3.8, 4) is 5.75 Å². The molecule has 0 bridgehead atoms. The molecule has 3 nitrogen and oxygen atoms in total. The van der Waals surface area contributed by atoms with Gasteiger partial charge in [-0.3, -0.25) is 4.79 Å². The first-order chi connectivity index (χ1) is 10.2. The lowest BCUT2D eigenvalue weighted by molar-refractivity contribution is -0.0501. The Balaban J connectivity index is 1.94. The van der Waals surface area contributed by atoms with Crippen LogP contribution < -0.4 is 10.1 Å². The van der Waals surface area contributed by atoms with Gasteiger partial charge in [0.05, 0.1) is 5.56 Å². The van der Waals surface area contributed by atoms with E-state index < -0.39 is 12.5 Å². The van der Waals surface area contributed by atoms with Gasteiger partial charge in [-0.1, -0.05) is 42.5 Å². The van der Waals surface area contributed by atoms with Crippen LogP contribution >= 0.6 is 0 Å². The van der Waals surface area contributed by atoms with Crippen LogP contribution in [0.1, 0.15) is 15.9 Å². The van der Waals surface area contributed by atoms with E-state index in [1.54, 1.807) is 12.1 Å². The maximum absolute atomic E-state index is 12.3. The number of carbonyl (C=O) groups excluding carboxylic acids is 1. The van der Waals surface area contributed by atoms with E-state index in [0.29, 0.717) is 13.0 Å². The molecule has 0 unspecified atom stereocenters. The third-order valence-electron chi connectivity index (χ3n) is 2.89. The highest BCUT2D eigenvalue weighted by molar-refractivity contribution is 5.96. The fourth-order valence-corrected chi connectivity index (χ4v) is 1.91. The van der Waals surface area contributed by atoms with Crippen molar-refractivity contribution in [1.29, 1.82) is 0 Å². The number of hydrogen-bond acceptors (Lipinski definition) is 2. The summed E-state index contributed by atoms with van der Waals surface area (Å²) in [5.74, 6) is -0.549. The summed E-state index contributed by atoms with van der Waals surface area (Å²) in [6.45, 7) is -2.53. The zero-order chi connectivity index (χ0) is 15.1. The average Bonchev–Trinajstić information content (AvgIpc) is 2.48. The highest BCUT2D eigenvalue weighted by Crippen LogP contribution is 2.19. The first kappa shape index (κ1) is 15.0. The van der Waals surface area contributed by atoms with Gasteiger partial charge in [0, 0.05) is 6.54 Å². The zero-order valence-corrected chi connectivity index (χ0v) is 11.3. The van der Waals surface area contributed by atoms with Gasteiger partial charge in [0.15, 0.2) is 0 Å². The van der Waals surface area contributed by atoms with Crippen LogP contribution in [0, 0.1) is 0 Å². The molecule has 0 aliphatic rings. The molecule has 1 amide bonds. The topological polar surface area (TPSA) is 38.3 Å². The SMILES string of the molecule is O=C(NCCc1ccccc1)c1ccccc1OC(F)F. The van der Waals surface area contributed by atoms with Gasteiger partial charge >= 0.3 is 6.61 Å². The van der Waals surface area contributed by atoms with Gasteiger partial charge in [0.25, 0.3) is 5.91 Å². The van der Waals surface area contributed by atoms with Gasteiger partial charge in [-0.15, -0.1) is 0 Å². The van der Waals surface area contributed by atoms with Crippen molar-refractivity contribution in [2.75, 3.05) is 6.54 Å². The maximum atomic E-state index is 12.3. The lowest BCUT2D eigenvalue weighted by Gasteiger charge is -2.10. The summed E-state index contributed by atoms with van der Waals surface area (Å²) in [7, 11) is 0. The molecule has 2 aromatic rings. The lowest BCUT2D eigenvalue weighted by atomic mass is 10.1. The average molecular weight is 291 g/mol. The minimum absolute atomic E-state index is 0.103. The van der Waals surface area contributed by atoms with Gasteiger partial charge in [-0.05, 0) is 24.1 Å². The molecule has 0 heterocycles. The van der Waals surface area contributed by atoms with Crippen molar-refractivity contribution in [2.45, 2.75) is 13.0 Å². The summed E-state index contributed by atoms with van der Waals surface area (Å²) in [5.41, 5.74) is 1.20. The molecule has 0 radical (unpaired) electrons. The second kappa shape index (κ2) is 7.38. The summed E-state index contributed by atoms with van der Waals surface area (Å²) in [6, 6.07) is 15.6. The number of para-hydroxylation sites is 1. The molecule has 110 valence electrons. The van der Waals surface area contributed by atoms with Crippen LogP contribution in [0.5, 0.6) is 5.75 Å². The van der Waals surface area contributed by atoms with Gasteiger partial charge in [0.2, 0.25) is 0 Å². The Hall–Kier alpha value is -2.43. The highest BCUT2D eigenvalue weighted by Gasteiger charge is 2.14. The van der Waals surface area contributed by atoms with Crippen molar-refractivity contribution in [2.24, 2.45) is 0 Å². The van der Waals surface area contributed by atoms with Crippen LogP contribution in [-0.4, -0.2) is 19.1 Å². The standard InChI is InChI=1S/C16H15F2NO2/c17-16(18)21-14-9-5-4-8-13(14)15(20)19-11-10-12-6-2-1-3-7-12/h1-9,16H,10-11H2,(H,19,20). The molecular formula is C16H15F2NO2. The molecule has 0 aliphatic carbocycles. The number of ether oxygens (including phenoxy) is 1. The van der Waals surface area contributed by atoms with E-state index in [2.05, 4.69) is 10.1 Å². The van der Waals surface area contributed by atoms with Crippen LogP contribution in [-0.2, 0) is 6.42 Å². The molecule has 0 atom stereocenters. The normalized spacial score (nSPS) is 10.4. The van der Waals surface area contributed by atoms with Crippen molar-refractivity contribution in [1.82, 2.24) is 5.32 Å². The summed E-state index contributed by atoms with van der Waals surface area (Å²) in [5, 5.41) is 2.70. The maximum Gasteiger partial charge on any atom is 0.387 e. The molecule has 1 N–H and O–H groups in total. The minimum atomic E-state index is -2.96. The van der Waals surface area contributed by atoms with Crippen LogP contribution in [0.4, 0.5) is 8.78 Å². The fourth-order valence-electron chi connectivity index (χ4n) is 1.91. The van der Waals surface area contributed by atoms with Crippen LogP contribution in [0.25, 0.3) is 0 Å². The number of amides is 1. The number of halogens is 2. The van der Waals surface area contributed by atoms with Gasteiger partial charge in [0.1, 0.15) is 5.75 Å². The molecule has 0 saturated heterocycles. The first-order valence-corrected chi connectivity index (χ1v) is 6.53.